The summed E-state index contributed by atoms with van der Waals surface area (Å²) in [5, 5.41) is 0. The number of nitrogens with zero attached hydrogens (tertiary/aromatic N) is 1. The molecule has 0 saturated carbocycles. The molecular weight excluding hydrogens is 342 g/mol. The molecule has 0 fully saturated rings. The summed E-state index contributed by atoms with van der Waals surface area (Å²) in [5.41, 5.74) is 0. The van der Waals surface area contributed by atoms with Gasteiger partial charge in [0, 0.05) is 0 Å². The Labute approximate surface area is 115 Å². The molecule has 18 heavy (non-hydrogen) atoms. The van der Waals surface area contributed by atoms with E-state index in [2.05, 4.69) is 20.3 Å². The lowest BCUT2D eigenvalue weighted by Crippen LogP contribution is -2.31. The van der Waals surface area contributed by atoms with E-state index in [0.717, 1.165) is 0 Å². The Kier molecular flexibility index (Phi) is 4.39. The van der Waals surface area contributed by atoms with E-state index >= 15 is 0 Å². The third kappa shape index (κ3) is 3.42. The summed E-state index contributed by atoms with van der Waals surface area (Å²) in [5.74, 6) is -1.00. The van der Waals surface area contributed by atoms with Crippen LogP contribution in [0.15, 0.2) is 13.8 Å². The number of rotatable bonds is 3. The number of sulfonamides is 1. The number of hydrogen-bond donors (Lipinski definition) is 0. The van der Waals surface area contributed by atoms with E-state index < -0.39 is 29.2 Å². The van der Waals surface area contributed by atoms with Crippen molar-refractivity contribution in [1.82, 2.24) is 0 Å². The SMILES string of the molecule is CCOC1=NS(=O)(=O)C(C(=O)O[Si](C)(C)C)=C1Br. The van der Waals surface area contributed by atoms with Gasteiger partial charge in [0.2, 0.25) is 14.2 Å². The molecule has 1 rings (SSSR count). The van der Waals surface area contributed by atoms with Crippen molar-refractivity contribution in [3.8, 4) is 0 Å². The number of halogens is 1. The first-order valence-electron chi connectivity index (χ1n) is 5.19. The number of hydrogen-bond acceptors (Lipinski definition) is 5. The van der Waals surface area contributed by atoms with Gasteiger partial charge < -0.3 is 9.16 Å². The Balaban J connectivity index is 3.13. The van der Waals surface area contributed by atoms with Crippen LogP contribution >= 0.6 is 15.9 Å². The van der Waals surface area contributed by atoms with E-state index in [1.165, 1.54) is 0 Å². The minimum absolute atomic E-state index is 0.0209. The van der Waals surface area contributed by atoms with Gasteiger partial charge in [-0.2, -0.15) is 8.42 Å². The quantitative estimate of drug-likeness (QED) is 0.720. The maximum atomic E-state index is 11.9. The predicted molar refractivity (Wildman–Crippen MR) is 73.4 cm³/mol. The van der Waals surface area contributed by atoms with Gasteiger partial charge >= 0.3 is 5.97 Å². The zero-order chi connectivity index (χ0) is 14.1. The highest BCUT2D eigenvalue weighted by atomic mass is 79.9. The summed E-state index contributed by atoms with van der Waals surface area (Å²) < 4.78 is 37.1. The van der Waals surface area contributed by atoms with E-state index in [4.69, 9.17) is 9.16 Å². The van der Waals surface area contributed by atoms with Crippen LogP contribution in [-0.4, -0.2) is 35.2 Å². The van der Waals surface area contributed by atoms with Crippen molar-refractivity contribution in [2.45, 2.75) is 26.6 Å². The highest BCUT2D eigenvalue weighted by molar-refractivity contribution is 9.12. The van der Waals surface area contributed by atoms with Gasteiger partial charge in [0.05, 0.1) is 6.61 Å². The Morgan fingerprint density at radius 2 is 1.94 bits per heavy atom. The van der Waals surface area contributed by atoms with Crippen LogP contribution in [0.1, 0.15) is 6.92 Å². The highest BCUT2D eigenvalue weighted by Crippen LogP contribution is 2.30. The minimum atomic E-state index is -4.04. The molecule has 0 aromatic heterocycles. The molecule has 0 aliphatic carbocycles. The Morgan fingerprint density at radius 1 is 1.39 bits per heavy atom. The van der Waals surface area contributed by atoms with Crippen LogP contribution in [0.2, 0.25) is 19.6 Å². The van der Waals surface area contributed by atoms with Crippen LogP contribution in [0.4, 0.5) is 0 Å². The number of carbonyl (C=O) groups is 1. The fourth-order valence-corrected chi connectivity index (χ4v) is 4.00. The van der Waals surface area contributed by atoms with E-state index in [-0.39, 0.29) is 17.0 Å². The topological polar surface area (TPSA) is 82.0 Å². The average Bonchev–Trinajstić information content (AvgIpc) is 2.34. The van der Waals surface area contributed by atoms with Crippen molar-refractivity contribution in [1.29, 1.82) is 0 Å². The fourth-order valence-electron chi connectivity index (χ4n) is 1.15. The zero-order valence-electron chi connectivity index (χ0n) is 10.5. The van der Waals surface area contributed by atoms with Crippen LogP contribution < -0.4 is 0 Å². The van der Waals surface area contributed by atoms with Gasteiger partial charge in [-0.25, -0.2) is 4.79 Å². The Morgan fingerprint density at radius 3 is 2.39 bits per heavy atom. The molecule has 0 bridgehead atoms. The molecule has 102 valence electrons. The first-order valence-corrected chi connectivity index (χ1v) is 10.8. The third-order valence-corrected chi connectivity index (χ3v) is 4.80. The predicted octanol–water partition coefficient (Wildman–Crippen LogP) is 1.75. The summed E-state index contributed by atoms with van der Waals surface area (Å²) in [7, 11) is -6.22. The molecule has 0 saturated heterocycles. The maximum absolute atomic E-state index is 11.9. The lowest BCUT2D eigenvalue weighted by atomic mass is 10.5. The number of ether oxygens (including phenoxy) is 1. The van der Waals surface area contributed by atoms with Gasteiger partial charge in [-0.3, -0.25) is 0 Å². The maximum Gasteiger partial charge on any atom is 0.339 e. The summed E-state index contributed by atoms with van der Waals surface area (Å²) in [6.07, 6.45) is 0. The Bertz CT molecular complexity index is 532. The first kappa shape index (κ1) is 15.4. The minimum Gasteiger partial charge on any atom is -0.516 e. The molecular formula is C9H14BrNO5SSi. The second-order valence-electron chi connectivity index (χ2n) is 4.45. The molecule has 0 aromatic carbocycles. The van der Waals surface area contributed by atoms with Crippen LogP contribution in [-0.2, 0) is 24.0 Å². The van der Waals surface area contributed by atoms with Crippen molar-refractivity contribution in [3.05, 3.63) is 9.39 Å². The molecule has 6 nitrogen and oxygen atoms in total. The third-order valence-electron chi connectivity index (χ3n) is 1.71. The first-order chi connectivity index (χ1) is 8.08. The highest BCUT2D eigenvalue weighted by Gasteiger charge is 2.39. The van der Waals surface area contributed by atoms with Crippen LogP contribution in [0, 0.1) is 0 Å². The number of carbonyl (C=O) groups excluding carboxylic acids is 1. The van der Waals surface area contributed by atoms with E-state index in [1.807, 2.05) is 0 Å². The van der Waals surface area contributed by atoms with Gasteiger partial charge in [-0.15, -0.1) is 4.40 Å². The van der Waals surface area contributed by atoms with E-state index in [0.29, 0.717) is 0 Å². The van der Waals surface area contributed by atoms with Gasteiger partial charge in [0.15, 0.2) is 4.91 Å². The van der Waals surface area contributed by atoms with Gasteiger partial charge in [-0.05, 0) is 42.5 Å². The van der Waals surface area contributed by atoms with Crippen LogP contribution in [0.3, 0.4) is 0 Å². The fraction of sp³-hybridized carbons (Fsp3) is 0.556. The van der Waals surface area contributed by atoms with Crippen molar-refractivity contribution >= 4 is 46.1 Å². The Hall–Kier alpha value is -0.673. The van der Waals surface area contributed by atoms with Gasteiger partial charge in [0.25, 0.3) is 10.0 Å². The van der Waals surface area contributed by atoms with Gasteiger partial charge in [-0.1, -0.05) is 0 Å². The molecule has 1 aliphatic heterocycles. The van der Waals surface area contributed by atoms with Crippen LogP contribution in [0.5, 0.6) is 0 Å². The molecule has 1 heterocycles. The molecule has 0 spiro atoms. The summed E-state index contributed by atoms with van der Waals surface area (Å²) >= 11 is 3.02. The van der Waals surface area contributed by atoms with Crippen molar-refractivity contribution in [3.63, 3.8) is 0 Å². The monoisotopic (exact) mass is 355 g/mol. The lowest BCUT2D eigenvalue weighted by Gasteiger charge is -2.17. The zero-order valence-corrected chi connectivity index (χ0v) is 13.9. The molecule has 0 unspecified atom stereocenters. The molecule has 0 amide bonds. The summed E-state index contributed by atoms with van der Waals surface area (Å²) in [6.45, 7) is 7.29. The van der Waals surface area contributed by atoms with Gasteiger partial charge in [0.1, 0.15) is 4.48 Å². The van der Waals surface area contributed by atoms with Crippen LogP contribution in [0.25, 0.3) is 0 Å². The second kappa shape index (κ2) is 5.14. The molecule has 9 heteroatoms. The molecule has 0 aromatic rings. The summed E-state index contributed by atoms with van der Waals surface area (Å²) in [4.78, 5) is 11.4. The molecule has 0 N–H and O–H groups in total. The average molecular weight is 356 g/mol. The lowest BCUT2D eigenvalue weighted by molar-refractivity contribution is -0.130. The van der Waals surface area contributed by atoms with Crippen molar-refractivity contribution in [2.75, 3.05) is 6.61 Å². The molecule has 0 radical (unpaired) electrons. The smallest absolute Gasteiger partial charge is 0.339 e. The largest absolute Gasteiger partial charge is 0.516 e. The van der Waals surface area contributed by atoms with E-state index in [1.54, 1.807) is 26.6 Å². The van der Waals surface area contributed by atoms with Crippen molar-refractivity contribution in [2.24, 2.45) is 4.40 Å². The normalized spacial score (nSPS) is 18.6. The standard InChI is InChI=1S/C9H14BrNO5SSi/c1-5-15-8-6(10)7(17(13,14)11-8)9(12)16-18(2,3)4/h5H2,1-4H3. The van der Waals surface area contributed by atoms with Crippen molar-refractivity contribution < 1.29 is 22.4 Å². The molecule has 1 aliphatic rings. The summed E-state index contributed by atoms with van der Waals surface area (Å²) in [6, 6.07) is 0. The second-order valence-corrected chi connectivity index (χ2v) is 11.2. The molecule has 0 atom stereocenters. The van der Waals surface area contributed by atoms with E-state index in [9.17, 15) is 13.2 Å².